The number of aromatic nitrogens is 4. The van der Waals surface area contributed by atoms with Crippen molar-refractivity contribution in [1.29, 1.82) is 0 Å². The van der Waals surface area contributed by atoms with Gasteiger partial charge in [0.05, 0.1) is 5.52 Å². The van der Waals surface area contributed by atoms with Gasteiger partial charge in [0.15, 0.2) is 0 Å². The second-order valence-electron chi connectivity index (χ2n) is 2.98. The minimum absolute atomic E-state index is 0.593. The van der Waals surface area contributed by atoms with Crippen LogP contribution in [-0.2, 0) is 0 Å². The maximum absolute atomic E-state index is 9.42. The van der Waals surface area contributed by atoms with E-state index >= 15 is 0 Å². The Morgan fingerprint density at radius 3 is 2.93 bits per heavy atom. The maximum atomic E-state index is 9.42. The summed E-state index contributed by atoms with van der Waals surface area (Å²) in [6.45, 7) is 0. The first-order chi connectivity index (χ1) is 6.86. The van der Waals surface area contributed by atoms with Gasteiger partial charge >= 0.3 is 0 Å². The molecule has 0 unspecified atom stereocenters. The van der Waals surface area contributed by atoms with Gasteiger partial charge in [0.2, 0.25) is 0 Å². The summed E-state index contributed by atoms with van der Waals surface area (Å²) in [6.07, 6.45) is 1.71. The minimum atomic E-state index is 0.593. The third-order valence-electron chi connectivity index (χ3n) is 2.17. The van der Waals surface area contributed by atoms with Crippen molar-refractivity contribution in [3.8, 4) is 0 Å². The quantitative estimate of drug-likeness (QED) is 0.536. The lowest BCUT2D eigenvalue weighted by molar-refractivity contribution is 0.155. The highest BCUT2D eigenvalue weighted by Crippen LogP contribution is 2.20. The summed E-state index contributed by atoms with van der Waals surface area (Å²) in [4.78, 5) is 4.95. The van der Waals surface area contributed by atoms with Crippen LogP contribution < -0.4 is 0 Å². The van der Waals surface area contributed by atoms with Crippen molar-refractivity contribution in [3.63, 3.8) is 0 Å². The van der Waals surface area contributed by atoms with Crippen LogP contribution in [0.5, 0.6) is 0 Å². The summed E-state index contributed by atoms with van der Waals surface area (Å²) in [6, 6.07) is 7.33. The maximum Gasteiger partial charge on any atom is 0.140 e. The molecule has 0 fully saturated rings. The van der Waals surface area contributed by atoms with Gasteiger partial charge in [-0.25, -0.2) is 0 Å². The van der Waals surface area contributed by atoms with Crippen molar-refractivity contribution in [2.45, 2.75) is 0 Å². The van der Waals surface area contributed by atoms with Crippen molar-refractivity contribution in [2.75, 3.05) is 0 Å². The van der Waals surface area contributed by atoms with Gasteiger partial charge in [-0.05, 0) is 29.5 Å². The first kappa shape index (κ1) is 7.25. The number of benzene rings is 1. The summed E-state index contributed by atoms with van der Waals surface area (Å²) in [5.74, 6) is 0. The molecule has 14 heavy (non-hydrogen) atoms. The molecule has 0 aliphatic rings. The van der Waals surface area contributed by atoms with Gasteiger partial charge < -0.3 is 5.21 Å². The van der Waals surface area contributed by atoms with E-state index in [1.807, 2.05) is 18.2 Å². The molecule has 68 valence electrons. The van der Waals surface area contributed by atoms with E-state index in [1.54, 1.807) is 12.3 Å². The highest BCUT2D eigenvalue weighted by atomic mass is 16.5. The number of hydrogen-bond acceptors (Lipinski definition) is 4. The zero-order valence-electron chi connectivity index (χ0n) is 7.12. The van der Waals surface area contributed by atoms with E-state index in [2.05, 4.69) is 15.3 Å². The average molecular weight is 186 g/mol. The van der Waals surface area contributed by atoms with Crippen molar-refractivity contribution in [2.24, 2.45) is 0 Å². The monoisotopic (exact) mass is 186 g/mol. The molecule has 0 saturated heterocycles. The zero-order chi connectivity index (χ0) is 9.54. The lowest BCUT2D eigenvalue weighted by Crippen LogP contribution is -1.92. The smallest absolute Gasteiger partial charge is 0.140 e. The van der Waals surface area contributed by atoms with Crippen molar-refractivity contribution in [1.82, 2.24) is 20.1 Å². The molecule has 0 aliphatic heterocycles. The van der Waals surface area contributed by atoms with Crippen LogP contribution in [-0.4, -0.2) is 25.3 Å². The van der Waals surface area contributed by atoms with Gasteiger partial charge in [-0.15, -0.1) is 5.10 Å². The van der Waals surface area contributed by atoms with E-state index in [4.69, 9.17) is 0 Å². The number of rotatable bonds is 0. The molecule has 0 atom stereocenters. The molecule has 5 heteroatoms. The van der Waals surface area contributed by atoms with Gasteiger partial charge in [0.1, 0.15) is 11.0 Å². The van der Waals surface area contributed by atoms with E-state index < -0.39 is 0 Å². The Bertz CT molecular complexity index is 616. The standard InChI is InChI=1S/C9H6N4O/c14-13-9-6-2-1-5-10-7(6)3-4-8(9)11-12-13/h1-5,14H. The van der Waals surface area contributed by atoms with Crippen LogP contribution in [0.2, 0.25) is 0 Å². The van der Waals surface area contributed by atoms with Gasteiger partial charge in [0, 0.05) is 11.6 Å². The molecule has 3 aromatic rings. The second-order valence-corrected chi connectivity index (χ2v) is 2.98. The Morgan fingerprint density at radius 2 is 2.00 bits per heavy atom. The summed E-state index contributed by atoms with van der Waals surface area (Å²) >= 11 is 0. The van der Waals surface area contributed by atoms with Gasteiger partial charge in [0.25, 0.3) is 0 Å². The molecule has 0 bridgehead atoms. The molecule has 0 saturated carbocycles. The minimum Gasteiger partial charge on any atom is -0.410 e. The molecule has 0 amide bonds. The van der Waals surface area contributed by atoms with Crippen molar-refractivity contribution in [3.05, 3.63) is 30.5 Å². The highest BCUT2D eigenvalue weighted by molar-refractivity contribution is 6.02. The molecule has 5 nitrogen and oxygen atoms in total. The molecule has 0 aliphatic carbocycles. The largest absolute Gasteiger partial charge is 0.410 e. The predicted molar refractivity (Wildman–Crippen MR) is 50.0 cm³/mol. The fraction of sp³-hybridized carbons (Fsp3) is 0. The van der Waals surface area contributed by atoms with Crippen LogP contribution in [0.4, 0.5) is 0 Å². The third kappa shape index (κ3) is 0.806. The molecule has 2 aromatic heterocycles. The van der Waals surface area contributed by atoms with E-state index in [0.717, 1.165) is 15.7 Å². The Kier molecular flexibility index (Phi) is 1.25. The molecular formula is C9H6N4O. The second kappa shape index (κ2) is 2.41. The van der Waals surface area contributed by atoms with E-state index in [1.165, 1.54) is 0 Å². The molecule has 0 radical (unpaired) electrons. The molecule has 0 spiro atoms. The highest BCUT2D eigenvalue weighted by Gasteiger charge is 2.07. The fourth-order valence-electron chi connectivity index (χ4n) is 1.55. The third-order valence-corrected chi connectivity index (χ3v) is 2.17. The van der Waals surface area contributed by atoms with Gasteiger partial charge in [-0.3, -0.25) is 4.98 Å². The van der Waals surface area contributed by atoms with Crippen molar-refractivity contribution >= 4 is 21.9 Å². The van der Waals surface area contributed by atoms with Crippen molar-refractivity contribution < 1.29 is 5.21 Å². The van der Waals surface area contributed by atoms with E-state index in [9.17, 15) is 5.21 Å². The Labute approximate surface area is 78.6 Å². The zero-order valence-corrected chi connectivity index (χ0v) is 7.12. The van der Waals surface area contributed by atoms with Gasteiger partial charge in [-0.1, -0.05) is 4.85 Å². The fourth-order valence-corrected chi connectivity index (χ4v) is 1.55. The first-order valence-electron chi connectivity index (χ1n) is 4.15. The average Bonchev–Trinajstić information content (AvgIpc) is 2.61. The first-order valence-corrected chi connectivity index (χ1v) is 4.15. The Morgan fingerprint density at radius 1 is 1.14 bits per heavy atom. The number of nitrogens with zero attached hydrogens (tertiary/aromatic N) is 4. The molecule has 1 N–H and O–H groups in total. The molecule has 2 heterocycles. The predicted octanol–water partition coefficient (Wildman–Crippen LogP) is 1.22. The Balaban J connectivity index is 2.65. The van der Waals surface area contributed by atoms with E-state index in [0.29, 0.717) is 11.0 Å². The SMILES string of the molecule is On1nnc2ccc3ncccc3c21. The van der Waals surface area contributed by atoms with Crippen LogP contribution in [0.1, 0.15) is 0 Å². The summed E-state index contributed by atoms with van der Waals surface area (Å²) in [7, 11) is 0. The molecule has 3 rings (SSSR count). The van der Waals surface area contributed by atoms with Gasteiger partial charge in [-0.2, -0.15) is 0 Å². The number of fused-ring (bicyclic) bond motifs is 3. The Hall–Kier alpha value is -2.17. The number of pyridine rings is 1. The van der Waals surface area contributed by atoms with Crippen LogP contribution in [0, 0.1) is 0 Å². The lowest BCUT2D eigenvalue weighted by atomic mass is 10.2. The summed E-state index contributed by atoms with van der Waals surface area (Å²) in [5.41, 5.74) is 2.07. The summed E-state index contributed by atoms with van der Waals surface area (Å²) < 4.78 is 0. The number of hydrogen-bond donors (Lipinski definition) is 1. The van der Waals surface area contributed by atoms with Crippen LogP contribution in [0.3, 0.4) is 0 Å². The van der Waals surface area contributed by atoms with Crippen LogP contribution in [0.15, 0.2) is 30.5 Å². The normalized spacial score (nSPS) is 11.1. The summed E-state index contributed by atoms with van der Waals surface area (Å²) in [5, 5.41) is 17.6. The van der Waals surface area contributed by atoms with E-state index in [-0.39, 0.29) is 0 Å². The van der Waals surface area contributed by atoms with Crippen LogP contribution >= 0.6 is 0 Å². The van der Waals surface area contributed by atoms with Crippen LogP contribution in [0.25, 0.3) is 21.9 Å². The molecular weight excluding hydrogens is 180 g/mol. The topological polar surface area (TPSA) is 63.8 Å². The lowest BCUT2D eigenvalue weighted by Gasteiger charge is -1.97. The molecule has 1 aromatic carbocycles.